The monoisotopic (exact) mass is 462 g/mol. The highest BCUT2D eigenvalue weighted by molar-refractivity contribution is 5.79. The van der Waals surface area contributed by atoms with Gasteiger partial charge in [-0.2, -0.15) is 8.78 Å². The van der Waals surface area contributed by atoms with E-state index in [0.717, 1.165) is 49.5 Å². The van der Waals surface area contributed by atoms with E-state index >= 15 is 0 Å². The van der Waals surface area contributed by atoms with Crippen LogP contribution >= 0.6 is 0 Å². The topological polar surface area (TPSA) is 77.5 Å². The number of carbonyl (C=O) groups is 1. The molecule has 2 fully saturated rings. The molecule has 2 saturated heterocycles. The number of alkyl halides is 3. The summed E-state index contributed by atoms with van der Waals surface area (Å²) in [6.07, 6.45) is -0.374. The Kier molecular flexibility index (Phi) is 7.31. The molecule has 9 heteroatoms. The number of aromatic nitrogens is 1. The Morgan fingerprint density at radius 1 is 1.18 bits per heavy atom. The molecule has 3 heterocycles. The van der Waals surface area contributed by atoms with Crippen LogP contribution in [0.15, 0.2) is 42.6 Å². The van der Waals surface area contributed by atoms with Crippen LogP contribution in [0.3, 0.4) is 0 Å². The number of nitrogens with one attached hydrogen (secondary N) is 2. The van der Waals surface area contributed by atoms with Crippen LogP contribution in [0.5, 0.6) is 0 Å². The van der Waals surface area contributed by atoms with Crippen molar-refractivity contribution in [2.45, 2.75) is 38.0 Å². The summed E-state index contributed by atoms with van der Waals surface area (Å²) >= 11 is 0. The molecule has 3 N–H and O–H groups in total. The third kappa shape index (κ3) is 5.54. The molecule has 4 rings (SSSR count). The van der Waals surface area contributed by atoms with Crippen molar-refractivity contribution in [2.75, 3.05) is 32.9 Å². The van der Waals surface area contributed by atoms with E-state index in [2.05, 4.69) is 15.2 Å². The second-order valence-electron chi connectivity index (χ2n) is 9.10. The number of aliphatic hydroxyl groups is 1. The van der Waals surface area contributed by atoms with Crippen LogP contribution < -0.4 is 10.6 Å². The minimum Gasteiger partial charge on any atom is -0.386 e. The lowest BCUT2D eigenvalue weighted by molar-refractivity contribution is -0.133. The molecule has 1 aromatic heterocycles. The van der Waals surface area contributed by atoms with Gasteiger partial charge in [-0.05, 0) is 36.6 Å². The second kappa shape index (κ2) is 10.2. The largest absolute Gasteiger partial charge is 0.386 e. The minimum atomic E-state index is -3.27. The number of halogens is 3. The van der Waals surface area contributed by atoms with E-state index in [4.69, 9.17) is 0 Å². The summed E-state index contributed by atoms with van der Waals surface area (Å²) < 4.78 is 38.0. The van der Waals surface area contributed by atoms with Gasteiger partial charge in [0.2, 0.25) is 0 Å². The predicted octanol–water partition coefficient (Wildman–Crippen LogP) is 2.69. The van der Waals surface area contributed by atoms with E-state index in [1.807, 2.05) is 17.4 Å². The highest BCUT2D eigenvalue weighted by Crippen LogP contribution is 2.37. The first-order valence-electron chi connectivity index (χ1n) is 11.2. The molecule has 1 aromatic carbocycles. The SMILES string of the molecule is O=C(N[C@H](CF)[C@H](O)c1ccc(-c2ccc(CN3CC4(CCCNC4)C3)nc2)cc1)C(F)F. The van der Waals surface area contributed by atoms with Gasteiger partial charge in [0.25, 0.3) is 5.91 Å². The average Bonchev–Trinajstić information content (AvgIpc) is 2.82. The van der Waals surface area contributed by atoms with Crippen molar-refractivity contribution in [3.05, 3.63) is 53.9 Å². The van der Waals surface area contributed by atoms with Crippen LogP contribution in [0.2, 0.25) is 0 Å². The van der Waals surface area contributed by atoms with Crippen molar-refractivity contribution in [1.82, 2.24) is 20.5 Å². The van der Waals surface area contributed by atoms with Gasteiger partial charge in [0.15, 0.2) is 0 Å². The van der Waals surface area contributed by atoms with Gasteiger partial charge >= 0.3 is 6.43 Å². The number of benzene rings is 1. The molecule has 33 heavy (non-hydrogen) atoms. The maximum Gasteiger partial charge on any atom is 0.315 e. The van der Waals surface area contributed by atoms with Gasteiger partial charge in [-0.15, -0.1) is 0 Å². The zero-order valence-corrected chi connectivity index (χ0v) is 18.3. The van der Waals surface area contributed by atoms with Gasteiger partial charge in [-0.1, -0.05) is 30.3 Å². The quantitative estimate of drug-likeness (QED) is 0.563. The number of nitrogens with zero attached hydrogens (tertiary/aromatic N) is 2. The molecule has 0 radical (unpaired) electrons. The van der Waals surface area contributed by atoms with Crippen LogP contribution in [0, 0.1) is 5.41 Å². The van der Waals surface area contributed by atoms with Gasteiger partial charge in [-0.3, -0.25) is 14.7 Å². The van der Waals surface area contributed by atoms with E-state index in [1.165, 1.54) is 12.8 Å². The number of hydrogen-bond acceptors (Lipinski definition) is 5. The highest BCUT2D eigenvalue weighted by Gasteiger charge is 2.43. The normalized spacial score (nSPS) is 19.8. The zero-order valence-electron chi connectivity index (χ0n) is 18.3. The smallest absolute Gasteiger partial charge is 0.315 e. The number of aliphatic hydroxyl groups excluding tert-OH is 1. The van der Waals surface area contributed by atoms with Crippen molar-refractivity contribution in [2.24, 2.45) is 5.41 Å². The number of likely N-dealkylation sites (tertiary alicyclic amines) is 1. The summed E-state index contributed by atoms with van der Waals surface area (Å²) in [6, 6.07) is 9.21. The molecule has 1 spiro atoms. The Morgan fingerprint density at radius 2 is 1.91 bits per heavy atom. The minimum absolute atomic E-state index is 0.324. The fourth-order valence-corrected chi connectivity index (χ4v) is 4.78. The number of carbonyl (C=O) groups excluding carboxylic acids is 1. The van der Waals surface area contributed by atoms with Crippen molar-refractivity contribution in [1.29, 1.82) is 0 Å². The van der Waals surface area contributed by atoms with Gasteiger partial charge in [0.05, 0.1) is 11.7 Å². The fourth-order valence-electron chi connectivity index (χ4n) is 4.78. The van der Waals surface area contributed by atoms with Crippen LogP contribution in [0.4, 0.5) is 13.2 Å². The van der Waals surface area contributed by atoms with Crippen molar-refractivity contribution >= 4 is 5.91 Å². The molecule has 1 amide bonds. The van der Waals surface area contributed by atoms with E-state index in [0.29, 0.717) is 11.0 Å². The first-order chi connectivity index (χ1) is 15.9. The maximum atomic E-state index is 13.2. The summed E-state index contributed by atoms with van der Waals surface area (Å²) in [5.41, 5.74) is 3.52. The molecule has 0 unspecified atom stereocenters. The average molecular weight is 463 g/mol. The molecule has 2 aromatic rings. The number of piperidine rings is 1. The summed E-state index contributed by atoms with van der Waals surface area (Å²) in [5.74, 6) is -1.61. The van der Waals surface area contributed by atoms with Gasteiger partial charge in [-0.25, -0.2) is 4.39 Å². The molecule has 2 atom stereocenters. The third-order valence-electron chi connectivity index (χ3n) is 6.55. The fraction of sp³-hybridized carbons (Fsp3) is 0.500. The molecule has 2 aliphatic rings. The lowest BCUT2D eigenvalue weighted by atomic mass is 9.74. The Balaban J connectivity index is 1.33. The second-order valence-corrected chi connectivity index (χ2v) is 9.10. The molecule has 178 valence electrons. The zero-order chi connectivity index (χ0) is 23.4. The van der Waals surface area contributed by atoms with Gasteiger partial charge in [0, 0.05) is 43.4 Å². The number of hydrogen-bond donors (Lipinski definition) is 3. The molecule has 0 aliphatic carbocycles. The molecule has 0 bridgehead atoms. The van der Waals surface area contributed by atoms with Crippen molar-refractivity contribution < 1.29 is 23.1 Å². The van der Waals surface area contributed by atoms with Gasteiger partial charge in [0.1, 0.15) is 12.8 Å². The lowest BCUT2D eigenvalue weighted by Gasteiger charge is -2.52. The first kappa shape index (κ1) is 23.7. The maximum absolute atomic E-state index is 13.2. The Labute approximate surface area is 191 Å². The Bertz CT molecular complexity index is 926. The number of amides is 1. The Morgan fingerprint density at radius 3 is 2.48 bits per heavy atom. The lowest BCUT2D eigenvalue weighted by Crippen LogP contribution is -2.61. The predicted molar refractivity (Wildman–Crippen MR) is 118 cm³/mol. The summed E-state index contributed by atoms with van der Waals surface area (Å²) in [4.78, 5) is 18.1. The van der Waals surface area contributed by atoms with Crippen LogP contribution in [0.25, 0.3) is 11.1 Å². The molecule has 2 aliphatic heterocycles. The van der Waals surface area contributed by atoms with Crippen LogP contribution in [-0.2, 0) is 11.3 Å². The Hall–Kier alpha value is -2.49. The first-order valence-corrected chi connectivity index (χ1v) is 11.2. The van der Waals surface area contributed by atoms with Crippen molar-refractivity contribution in [3.63, 3.8) is 0 Å². The van der Waals surface area contributed by atoms with Crippen molar-refractivity contribution in [3.8, 4) is 11.1 Å². The molecule has 6 nitrogen and oxygen atoms in total. The molecular formula is C24H29F3N4O2. The summed E-state index contributed by atoms with van der Waals surface area (Å²) in [6.45, 7) is 4.08. The number of pyridine rings is 1. The van der Waals surface area contributed by atoms with Crippen LogP contribution in [0.1, 0.15) is 30.2 Å². The standard InChI is InChI=1S/C24H29F3N4O2/c25-10-20(30-23(33)22(26)27)21(32)17-4-2-16(3-5-17)18-6-7-19(29-11-18)12-31-14-24(15-31)8-1-9-28-13-24/h2-7,11,20-22,28,32H,1,8-10,12-15H2,(H,30,33)/t20-,21-/m1/s1. The highest BCUT2D eigenvalue weighted by atomic mass is 19.3. The van der Waals surface area contributed by atoms with Gasteiger partial charge < -0.3 is 15.7 Å². The number of rotatable bonds is 8. The molecular weight excluding hydrogens is 433 g/mol. The molecule has 0 saturated carbocycles. The third-order valence-corrected chi connectivity index (χ3v) is 6.55. The van der Waals surface area contributed by atoms with Crippen LogP contribution in [-0.4, -0.2) is 66.2 Å². The van der Waals surface area contributed by atoms with E-state index in [1.54, 1.807) is 30.5 Å². The van der Waals surface area contributed by atoms with E-state index < -0.39 is 31.2 Å². The van der Waals surface area contributed by atoms with E-state index in [9.17, 15) is 23.1 Å². The van der Waals surface area contributed by atoms with E-state index in [-0.39, 0.29) is 0 Å². The summed E-state index contributed by atoms with van der Waals surface area (Å²) in [5, 5.41) is 15.6. The summed E-state index contributed by atoms with van der Waals surface area (Å²) in [7, 11) is 0.